The highest BCUT2D eigenvalue weighted by atomic mass is 16.5. The minimum absolute atomic E-state index is 0.110. The Morgan fingerprint density at radius 3 is 2.75 bits per heavy atom. The minimum atomic E-state index is 0.110. The fourth-order valence-electron chi connectivity index (χ4n) is 1.26. The summed E-state index contributed by atoms with van der Waals surface area (Å²) in [6.07, 6.45) is 2.56. The van der Waals surface area contributed by atoms with Gasteiger partial charge in [-0.1, -0.05) is 6.92 Å². The summed E-state index contributed by atoms with van der Waals surface area (Å²) >= 11 is 0. The summed E-state index contributed by atoms with van der Waals surface area (Å²) in [5.41, 5.74) is 5.61. The van der Waals surface area contributed by atoms with Gasteiger partial charge in [0.05, 0.1) is 6.10 Å². The third-order valence-corrected chi connectivity index (χ3v) is 2.13. The molecule has 90 valence electrons. The van der Waals surface area contributed by atoms with Crippen LogP contribution < -0.4 is 15.8 Å². The maximum atomic E-state index is 5.61. The minimum Gasteiger partial charge on any atom is -0.475 e. The molecule has 1 unspecified atom stereocenters. The highest BCUT2D eigenvalue weighted by molar-refractivity contribution is 5.38. The van der Waals surface area contributed by atoms with E-state index in [4.69, 9.17) is 10.5 Å². The number of anilines is 1. The molecule has 0 saturated carbocycles. The Bertz CT molecular complexity index is 313. The summed E-state index contributed by atoms with van der Waals surface area (Å²) in [7, 11) is 0. The number of nitrogens with two attached hydrogens (primary N) is 1. The van der Waals surface area contributed by atoms with Gasteiger partial charge in [-0.3, -0.25) is 0 Å². The predicted octanol–water partition coefficient (Wildman–Crippen LogP) is 1.41. The quantitative estimate of drug-likeness (QED) is 0.764. The average Bonchev–Trinajstić information content (AvgIpc) is 2.25. The molecule has 0 aliphatic rings. The fraction of sp³-hybridized carbons (Fsp3) is 0.636. The monoisotopic (exact) mass is 224 g/mol. The maximum absolute atomic E-state index is 5.61. The van der Waals surface area contributed by atoms with E-state index < -0.39 is 0 Å². The smallest absolute Gasteiger partial charge is 0.218 e. The highest BCUT2D eigenvalue weighted by Gasteiger charge is 2.06. The molecule has 1 rings (SSSR count). The lowest BCUT2D eigenvalue weighted by molar-refractivity contribution is 0.232. The summed E-state index contributed by atoms with van der Waals surface area (Å²) in [6.45, 7) is 6.59. The largest absolute Gasteiger partial charge is 0.475 e. The number of hydrogen-bond donors (Lipinski definition) is 2. The zero-order chi connectivity index (χ0) is 12.0. The number of aromatic nitrogens is 2. The maximum Gasteiger partial charge on any atom is 0.218 e. The second kappa shape index (κ2) is 6.27. The molecule has 5 nitrogen and oxygen atoms in total. The van der Waals surface area contributed by atoms with Crippen LogP contribution in [-0.4, -0.2) is 28.7 Å². The molecule has 0 saturated heterocycles. The SMILES string of the molecule is CCC(CN)Nc1cc(OC(C)C)ncn1. The molecule has 5 heteroatoms. The van der Waals surface area contributed by atoms with Gasteiger partial charge in [0.1, 0.15) is 12.1 Å². The van der Waals surface area contributed by atoms with Gasteiger partial charge in [-0.25, -0.2) is 9.97 Å². The van der Waals surface area contributed by atoms with Crippen molar-refractivity contribution >= 4 is 5.82 Å². The Morgan fingerprint density at radius 2 is 2.19 bits per heavy atom. The van der Waals surface area contributed by atoms with E-state index in [0.29, 0.717) is 12.4 Å². The van der Waals surface area contributed by atoms with Gasteiger partial charge < -0.3 is 15.8 Å². The second-order valence-electron chi connectivity index (χ2n) is 3.89. The summed E-state index contributed by atoms with van der Waals surface area (Å²) in [6, 6.07) is 2.03. The molecule has 0 aliphatic carbocycles. The molecule has 1 heterocycles. The third kappa shape index (κ3) is 4.02. The Labute approximate surface area is 96.4 Å². The van der Waals surface area contributed by atoms with Crippen molar-refractivity contribution < 1.29 is 4.74 Å². The number of nitrogens with one attached hydrogen (secondary N) is 1. The summed E-state index contributed by atoms with van der Waals surface area (Å²) in [5.74, 6) is 1.34. The Kier molecular flexibility index (Phi) is 4.98. The molecule has 0 aliphatic heterocycles. The third-order valence-electron chi connectivity index (χ3n) is 2.13. The molecule has 0 aromatic carbocycles. The van der Waals surface area contributed by atoms with E-state index in [2.05, 4.69) is 22.2 Å². The van der Waals surface area contributed by atoms with E-state index in [1.54, 1.807) is 6.07 Å². The van der Waals surface area contributed by atoms with Gasteiger partial charge in [-0.15, -0.1) is 0 Å². The van der Waals surface area contributed by atoms with Crippen LogP contribution >= 0.6 is 0 Å². The van der Waals surface area contributed by atoms with Crippen molar-refractivity contribution in [2.24, 2.45) is 5.73 Å². The number of nitrogens with zero attached hydrogens (tertiary/aromatic N) is 2. The molecule has 0 radical (unpaired) electrons. The molecule has 1 aromatic heterocycles. The van der Waals surface area contributed by atoms with Crippen molar-refractivity contribution in [3.63, 3.8) is 0 Å². The van der Waals surface area contributed by atoms with Crippen molar-refractivity contribution in [3.8, 4) is 5.88 Å². The zero-order valence-corrected chi connectivity index (χ0v) is 10.1. The van der Waals surface area contributed by atoms with E-state index in [1.807, 2.05) is 13.8 Å². The lowest BCUT2D eigenvalue weighted by atomic mass is 10.2. The van der Waals surface area contributed by atoms with Crippen LogP contribution in [0.1, 0.15) is 27.2 Å². The van der Waals surface area contributed by atoms with E-state index in [0.717, 1.165) is 12.2 Å². The van der Waals surface area contributed by atoms with Crippen LogP contribution in [-0.2, 0) is 0 Å². The van der Waals surface area contributed by atoms with Gasteiger partial charge in [0, 0.05) is 18.7 Å². The molecule has 1 aromatic rings. The number of rotatable bonds is 6. The van der Waals surface area contributed by atoms with Gasteiger partial charge >= 0.3 is 0 Å². The first-order chi connectivity index (χ1) is 7.65. The lowest BCUT2D eigenvalue weighted by Gasteiger charge is -2.15. The first-order valence-electron chi connectivity index (χ1n) is 5.61. The molecule has 0 spiro atoms. The van der Waals surface area contributed by atoms with Crippen molar-refractivity contribution in [2.75, 3.05) is 11.9 Å². The van der Waals surface area contributed by atoms with E-state index in [9.17, 15) is 0 Å². The van der Waals surface area contributed by atoms with Crippen LogP contribution in [0.5, 0.6) is 5.88 Å². The van der Waals surface area contributed by atoms with Gasteiger partial charge in [-0.05, 0) is 20.3 Å². The number of hydrogen-bond acceptors (Lipinski definition) is 5. The first kappa shape index (κ1) is 12.7. The average molecular weight is 224 g/mol. The van der Waals surface area contributed by atoms with E-state index in [-0.39, 0.29) is 12.1 Å². The van der Waals surface area contributed by atoms with Crippen LogP contribution in [0, 0.1) is 0 Å². The molecular formula is C11H20N4O. The van der Waals surface area contributed by atoms with Crippen LogP contribution in [0.3, 0.4) is 0 Å². The predicted molar refractivity (Wildman–Crippen MR) is 64.6 cm³/mol. The van der Waals surface area contributed by atoms with E-state index >= 15 is 0 Å². The Hall–Kier alpha value is -1.36. The van der Waals surface area contributed by atoms with E-state index in [1.165, 1.54) is 6.33 Å². The topological polar surface area (TPSA) is 73.1 Å². The Morgan fingerprint density at radius 1 is 1.44 bits per heavy atom. The molecule has 0 bridgehead atoms. The highest BCUT2D eigenvalue weighted by Crippen LogP contribution is 2.13. The Balaban J connectivity index is 2.66. The lowest BCUT2D eigenvalue weighted by Crippen LogP contribution is -2.28. The van der Waals surface area contributed by atoms with Crippen LogP contribution in [0.25, 0.3) is 0 Å². The molecule has 16 heavy (non-hydrogen) atoms. The van der Waals surface area contributed by atoms with Gasteiger partial charge in [-0.2, -0.15) is 0 Å². The first-order valence-corrected chi connectivity index (χ1v) is 5.61. The summed E-state index contributed by atoms with van der Waals surface area (Å²) in [4.78, 5) is 8.16. The second-order valence-corrected chi connectivity index (χ2v) is 3.89. The van der Waals surface area contributed by atoms with Crippen molar-refractivity contribution in [3.05, 3.63) is 12.4 Å². The standard InChI is InChI=1S/C11H20N4O/c1-4-9(6-12)15-10-5-11(14-7-13-10)16-8(2)3/h5,7-9H,4,6,12H2,1-3H3,(H,13,14,15). The molecule has 0 amide bonds. The van der Waals surface area contributed by atoms with Crippen LogP contribution in [0.4, 0.5) is 5.82 Å². The van der Waals surface area contributed by atoms with Crippen molar-refractivity contribution in [1.29, 1.82) is 0 Å². The van der Waals surface area contributed by atoms with Crippen molar-refractivity contribution in [1.82, 2.24) is 9.97 Å². The molecule has 1 atom stereocenters. The zero-order valence-electron chi connectivity index (χ0n) is 10.1. The fourth-order valence-corrected chi connectivity index (χ4v) is 1.26. The van der Waals surface area contributed by atoms with Gasteiger partial charge in [0.25, 0.3) is 0 Å². The van der Waals surface area contributed by atoms with Gasteiger partial charge in [0.15, 0.2) is 0 Å². The molecule has 3 N–H and O–H groups in total. The molecular weight excluding hydrogens is 204 g/mol. The normalized spacial score (nSPS) is 12.6. The van der Waals surface area contributed by atoms with Crippen LogP contribution in [0.15, 0.2) is 12.4 Å². The molecule has 0 fully saturated rings. The summed E-state index contributed by atoms with van der Waals surface area (Å²) < 4.78 is 5.48. The van der Waals surface area contributed by atoms with Gasteiger partial charge in [0.2, 0.25) is 5.88 Å². The summed E-state index contributed by atoms with van der Waals surface area (Å²) in [5, 5.41) is 3.24. The van der Waals surface area contributed by atoms with Crippen LogP contribution in [0.2, 0.25) is 0 Å². The number of ether oxygens (including phenoxy) is 1. The van der Waals surface area contributed by atoms with Crippen molar-refractivity contribution in [2.45, 2.75) is 39.3 Å².